The number of aryl methyl sites for hydroxylation is 5. The van der Waals surface area contributed by atoms with Crippen molar-refractivity contribution in [2.24, 2.45) is 0 Å². The molecule has 0 bridgehead atoms. The molecule has 0 aliphatic heterocycles. The standard InChI is InChI=1S/C21H17N3O3.2V.2Y/c1-12-6-8-17(14(3)10-12)20(25)24(19-16(5)22-27-23-19)21(26)18-9-7-13(2)11-15(18)4;;;;/h8-9H,1-5H3;;;;/q-4;;;;. The van der Waals surface area contributed by atoms with Crippen LogP contribution in [-0.2, 0) is 103 Å². The molecule has 3 aromatic rings. The van der Waals surface area contributed by atoms with E-state index in [1.807, 2.05) is 13.8 Å². The zero-order valence-electron chi connectivity index (χ0n) is 17.8. The van der Waals surface area contributed by atoms with Crippen LogP contribution >= 0.6 is 0 Å². The molecule has 10 heteroatoms. The minimum Gasteiger partial charge on any atom is -0.355 e. The number of nitrogens with zero attached hydrogens (tertiary/aromatic N) is 3. The monoisotopic (exact) mass is 639 g/mol. The first-order valence-electron chi connectivity index (χ1n) is 8.30. The molecule has 2 amide bonds. The van der Waals surface area contributed by atoms with Crippen LogP contribution in [0.25, 0.3) is 0 Å². The van der Waals surface area contributed by atoms with Crippen LogP contribution in [0, 0.1) is 58.9 Å². The van der Waals surface area contributed by atoms with Crippen molar-refractivity contribution < 1.29 is 117 Å². The Kier molecular flexibility index (Phi) is 15.4. The molecule has 6 nitrogen and oxygen atoms in total. The third kappa shape index (κ3) is 7.55. The molecule has 0 saturated heterocycles. The molecule has 0 atom stereocenters. The zero-order chi connectivity index (χ0) is 19.7. The molecule has 154 valence electrons. The summed E-state index contributed by atoms with van der Waals surface area (Å²) in [4.78, 5) is 27.5. The normalized spacial score (nSPS) is 9.32. The molecule has 0 fully saturated rings. The van der Waals surface area contributed by atoms with E-state index in [4.69, 9.17) is 4.63 Å². The molecule has 1 heterocycles. The largest absolute Gasteiger partial charge is 0.355 e. The molecule has 0 aliphatic carbocycles. The van der Waals surface area contributed by atoms with Crippen LogP contribution in [0.2, 0.25) is 0 Å². The number of aromatic nitrogens is 2. The summed E-state index contributed by atoms with van der Waals surface area (Å²) in [7, 11) is 0. The Balaban J connectivity index is 0. The van der Waals surface area contributed by atoms with Crippen molar-refractivity contribution in [3.63, 3.8) is 0 Å². The van der Waals surface area contributed by atoms with E-state index in [0.717, 1.165) is 16.0 Å². The fraction of sp³-hybridized carbons (Fsp3) is 0.238. The summed E-state index contributed by atoms with van der Waals surface area (Å²) in [6, 6.07) is 15.1. The van der Waals surface area contributed by atoms with Gasteiger partial charge in [-0.1, -0.05) is 32.9 Å². The van der Waals surface area contributed by atoms with Crippen molar-refractivity contribution in [3.05, 3.63) is 75.5 Å². The number of hydrogen-bond donors (Lipinski definition) is 0. The molecular formula is C21H17N3O3V2Y2-4. The van der Waals surface area contributed by atoms with Gasteiger partial charge >= 0.3 is 0 Å². The van der Waals surface area contributed by atoms with Gasteiger partial charge in [-0.2, -0.15) is 11.1 Å². The Morgan fingerprint density at radius 3 is 1.55 bits per heavy atom. The van der Waals surface area contributed by atoms with Crippen molar-refractivity contribution >= 4 is 17.6 Å². The number of anilines is 1. The van der Waals surface area contributed by atoms with Crippen molar-refractivity contribution in [1.82, 2.24) is 10.3 Å². The van der Waals surface area contributed by atoms with E-state index in [1.165, 1.54) is 0 Å². The summed E-state index contributed by atoms with van der Waals surface area (Å²) in [6.07, 6.45) is 0. The van der Waals surface area contributed by atoms with Crippen molar-refractivity contribution in [2.75, 3.05) is 4.90 Å². The Bertz CT molecular complexity index is 995. The maximum absolute atomic E-state index is 13.3. The average Bonchev–Trinajstić information content (AvgIpc) is 3.00. The smallest absolute Gasteiger partial charge is 0.207 e. The fourth-order valence-electron chi connectivity index (χ4n) is 2.75. The van der Waals surface area contributed by atoms with E-state index in [0.29, 0.717) is 27.9 Å². The molecule has 0 unspecified atom stereocenters. The van der Waals surface area contributed by atoms with E-state index in [-0.39, 0.29) is 108 Å². The second kappa shape index (κ2) is 14.4. The first kappa shape index (κ1) is 33.3. The van der Waals surface area contributed by atoms with Gasteiger partial charge in [-0.15, -0.1) is 0 Å². The number of benzene rings is 2. The predicted octanol–water partition coefficient (Wildman–Crippen LogP) is 3.29. The summed E-state index contributed by atoms with van der Waals surface area (Å²) in [5, 5.41) is 7.46. The third-order valence-electron chi connectivity index (χ3n) is 4.13. The van der Waals surface area contributed by atoms with Gasteiger partial charge in [-0.25, -0.2) is 4.63 Å². The number of carbonyl (C=O) groups excluding carboxylic acids is 2. The van der Waals surface area contributed by atoms with E-state index in [9.17, 15) is 9.59 Å². The predicted molar refractivity (Wildman–Crippen MR) is 97.4 cm³/mol. The van der Waals surface area contributed by atoms with Crippen LogP contribution in [0.1, 0.15) is 48.7 Å². The topological polar surface area (TPSA) is 76.3 Å². The summed E-state index contributed by atoms with van der Waals surface area (Å²) in [5.74, 6) is -1.06. The second-order valence-corrected chi connectivity index (χ2v) is 6.27. The van der Waals surface area contributed by atoms with Gasteiger partial charge in [0.25, 0.3) is 0 Å². The number of amides is 2. The minimum absolute atomic E-state index is 0. The summed E-state index contributed by atoms with van der Waals surface area (Å²) < 4.78 is 4.72. The second-order valence-electron chi connectivity index (χ2n) is 6.27. The van der Waals surface area contributed by atoms with E-state index in [2.05, 4.69) is 34.6 Å². The SMILES string of the molecule is Cc1[c-]cc(C(=O)N(C(=O)c2c[c-]c(C)[c-]c2C)c2nonc2C)c(C)[c-]1.[V].[V].[Y].[Y]. The number of imide groups is 1. The van der Waals surface area contributed by atoms with Crippen LogP contribution < -0.4 is 4.90 Å². The van der Waals surface area contributed by atoms with Gasteiger partial charge in [0.2, 0.25) is 5.82 Å². The van der Waals surface area contributed by atoms with Crippen molar-refractivity contribution in [2.45, 2.75) is 34.6 Å². The number of rotatable bonds is 3. The summed E-state index contributed by atoms with van der Waals surface area (Å²) in [5.41, 5.74) is 3.71. The third-order valence-corrected chi connectivity index (χ3v) is 4.13. The quantitative estimate of drug-likeness (QED) is 0.325. The zero-order valence-corrected chi connectivity index (χ0v) is 26.2. The maximum atomic E-state index is 13.3. The van der Waals surface area contributed by atoms with E-state index < -0.39 is 11.8 Å². The first-order valence-corrected chi connectivity index (χ1v) is 8.30. The summed E-state index contributed by atoms with van der Waals surface area (Å²) >= 11 is 0. The molecule has 1 aromatic heterocycles. The Morgan fingerprint density at radius 1 is 0.806 bits per heavy atom. The van der Waals surface area contributed by atoms with Crippen LogP contribution in [0.5, 0.6) is 0 Å². The summed E-state index contributed by atoms with van der Waals surface area (Å²) in [6.45, 7) is 8.78. The van der Waals surface area contributed by atoms with Gasteiger partial charge < -0.3 is 24.3 Å². The molecular weight excluding hydrogens is 622 g/mol. The van der Waals surface area contributed by atoms with Gasteiger partial charge in [0, 0.05) is 103 Å². The minimum atomic E-state index is -0.552. The van der Waals surface area contributed by atoms with Crippen LogP contribution in [-0.4, -0.2) is 22.1 Å². The first-order chi connectivity index (χ1) is 12.8. The molecule has 0 N–H and O–H groups in total. The number of carbonyl (C=O) groups is 2. The molecule has 0 saturated carbocycles. The van der Waals surface area contributed by atoms with Crippen molar-refractivity contribution in [1.29, 1.82) is 0 Å². The van der Waals surface area contributed by atoms with Crippen LogP contribution in [0.3, 0.4) is 0 Å². The molecule has 2 aromatic carbocycles. The Morgan fingerprint density at radius 2 is 1.23 bits per heavy atom. The molecule has 3 rings (SSSR count). The Labute approximate surface area is 256 Å². The molecule has 0 aliphatic rings. The van der Waals surface area contributed by atoms with Gasteiger partial charge in [0.05, 0.1) is 0 Å². The van der Waals surface area contributed by atoms with E-state index in [1.54, 1.807) is 32.9 Å². The van der Waals surface area contributed by atoms with Crippen LogP contribution in [0.15, 0.2) is 16.8 Å². The van der Waals surface area contributed by atoms with Gasteiger partial charge in [0.1, 0.15) is 5.69 Å². The maximum Gasteiger partial charge on any atom is 0.207 e. The molecule has 4 radical (unpaired) electrons. The molecule has 31 heavy (non-hydrogen) atoms. The van der Waals surface area contributed by atoms with Crippen molar-refractivity contribution in [3.8, 4) is 0 Å². The average molecular weight is 639 g/mol. The molecule has 0 spiro atoms. The Hall–Kier alpha value is 0.0966. The number of hydrogen-bond acceptors (Lipinski definition) is 5. The van der Waals surface area contributed by atoms with Gasteiger partial charge in [-0.05, 0) is 12.1 Å². The van der Waals surface area contributed by atoms with Gasteiger partial charge in [0.15, 0.2) is 11.8 Å². The van der Waals surface area contributed by atoms with E-state index >= 15 is 0 Å². The van der Waals surface area contributed by atoms with Crippen LogP contribution in [0.4, 0.5) is 5.82 Å². The van der Waals surface area contributed by atoms with Gasteiger partial charge in [-0.3, -0.25) is 48.9 Å². The fourth-order valence-corrected chi connectivity index (χ4v) is 2.75.